The minimum atomic E-state index is -0.480. The Morgan fingerprint density at radius 3 is 2.90 bits per heavy atom. The highest BCUT2D eigenvalue weighted by Crippen LogP contribution is 2.36. The topological polar surface area (TPSA) is 91.6 Å². The van der Waals surface area contributed by atoms with Crippen molar-refractivity contribution in [1.82, 2.24) is 15.2 Å². The molecule has 0 saturated carbocycles. The van der Waals surface area contributed by atoms with E-state index in [1.807, 2.05) is 0 Å². The maximum Gasteiger partial charge on any atom is 0.311 e. The fourth-order valence-corrected chi connectivity index (χ4v) is 2.88. The van der Waals surface area contributed by atoms with Gasteiger partial charge in [0.15, 0.2) is 0 Å². The van der Waals surface area contributed by atoms with Crippen LogP contribution in [0.3, 0.4) is 0 Å². The fourth-order valence-electron chi connectivity index (χ4n) is 2.33. The van der Waals surface area contributed by atoms with Crippen LogP contribution < -0.4 is 10.2 Å². The second kappa shape index (κ2) is 6.35. The minimum absolute atomic E-state index is 0.0970. The molecule has 114 valence electrons. The van der Waals surface area contributed by atoms with Gasteiger partial charge in [-0.15, -0.1) is 0 Å². The third-order valence-electron chi connectivity index (χ3n) is 3.31. The number of amides is 1. The zero-order valence-electron chi connectivity index (χ0n) is 11.7. The summed E-state index contributed by atoms with van der Waals surface area (Å²) in [5.41, 5.74) is 0.291. The number of carbonyl (C=O) groups excluding carboxylic acids is 1. The number of piperazine rings is 1. The molecule has 1 amide bonds. The molecule has 8 nitrogen and oxygen atoms in total. The van der Waals surface area contributed by atoms with Crippen LogP contribution in [-0.4, -0.2) is 60.5 Å². The molecule has 1 aromatic rings. The molecular weight excluding hydrogens is 342 g/mol. The van der Waals surface area contributed by atoms with Crippen molar-refractivity contribution in [3.05, 3.63) is 27.0 Å². The summed E-state index contributed by atoms with van der Waals surface area (Å²) < 4.78 is 0.509. The van der Waals surface area contributed by atoms with Crippen LogP contribution in [0.4, 0.5) is 11.4 Å². The summed E-state index contributed by atoms with van der Waals surface area (Å²) in [5, 5.41) is 14.4. The number of rotatable bonds is 3. The van der Waals surface area contributed by atoms with Gasteiger partial charge in [0.25, 0.3) is 0 Å². The van der Waals surface area contributed by atoms with Crippen molar-refractivity contribution in [3.8, 4) is 0 Å². The number of nitrogens with zero attached hydrogens (tertiary/aromatic N) is 4. The molecule has 0 aliphatic carbocycles. The zero-order chi connectivity index (χ0) is 15.6. The van der Waals surface area contributed by atoms with E-state index in [1.54, 1.807) is 19.0 Å². The molecule has 0 bridgehead atoms. The minimum Gasteiger partial charge on any atom is -0.351 e. The predicted octanol–water partition coefficient (Wildman–Crippen LogP) is 0.619. The first-order chi connectivity index (χ1) is 9.93. The van der Waals surface area contributed by atoms with Gasteiger partial charge in [-0.3, -0.25) is 19.9 Å². The lowest BCUT2D eigenvalue weighted by Crippen LogP contribution is -2.58. The van der Waals surface area contributed by atoms with Crippen molar-refractivity contribution in [2.45, 2.75) is 6.04 Å². The molecule has 1 fully saturated rings. The van der Waals surface area contributed by atoms with Gasteiger partial charge in [-0.2, -0.15) is 0 Å². The first-order valence-corrected chi connectivity index (χ1v) is 7.19. The Balaban J connectivity index is 2.47. The van der Waals surface area contributed by atoms with E-state index in [9.17, 15) is 14.9 Å². The highest BCUT2D eigenvalue weighted by Gasteiger charge is 2.34. The molecule has 2 heterocycles. The maximum absolute atomic E-state index is 12.3. The van der Waals surface area contributed by atoms with E-state index in [0.29, 0.717) is 29.8 Å². The second-order valence-electron chi connectivity index (χ2n) is 4.89. The standard InChI is InChI=1S/C12H16BrN5O3/c1-16(2)12(19)10-7-14-3-4-17(10)11-8(13)5-15-6-9(11)18(20)21/h5-6,10,14H,3-4,7H2,1-2H3. The van der Waals surface area contributed by atoms with E-state index in [4.69, 9.17) is 0 Å². The SMILES string of the molecule is CN(C)C(=O)C1CNCCN1c1c(Br)cncc1[N+](=O)[O-]. The lowest BCUT2D eigenvalue weighted by molar-refractivity contribution is -0.384. The van der Waals surface area contributed by atoms with E-state index in [2.05, 4.69) is 26.2 Å². The Kier molecular flexibility index (Phi) is 4.73. The molecule has 1 aromatic heterocycles. The highest BCUT2D eigenvalue weighted by atomic mass is 79.9. The fraction of sp³-hybridized carbons (Fsp3) is 0.500. The smallest absolute Gasteiger partial charge is 0.311 e. The second-order valence-corrected chi connectivity index (χ2v) is 5.75. The van der Waals surface area contributed by atoms with Gasteiger partial charge in [-0.05, 0) is 15.9 Å². The van der Waals surface area contributed by atoms with Gasteiger partial charge in [-0.1, -0.05) is 0 Å². The maximum atomic E-state index is 12.3. The molecule has 1 N–H and O–H groups in total. The summed E-state index contributed by atoms with van der Waals surface area (Å²) in [7, 11) is 3.34. The van der Waals surface area contributed by atoms with Crippen LogP contribution in [0.25, 0.3) is 0 Å². The van der Waals surface area contributed by atoms with Crippen LogP contribution in [0.15, 0.2) is 16.9 Å². The van der Waals surface area contributed by atoms with E-state index in [0.717, 1.165) is 0 Å². The number of pyridine rings is 1. The summed E-state index contributed by atoms with van der Waals surface area (Å²) in [6.07, 6.45) is 2.71. The molecule has 1 atom stereocenters. The summed E-state index contributed by atoms with van der Waals surface area (Å²) in [5.74, 6) is -0.0970. The summed E-state index contributed by atoms with van der Waals surface area (Å²) in [4.78, 5) is 30.2. The van der Waals surface area contributed by atoms with Gasteiger partial charge < -0.3 is 15.1 Å². The number of nitro groups is 1. The quantitative estimate of drug-likeness (QED) is 0.629. The normalized spacial score (nSPS) is 18.4. The summed E-state index contributed by atoms with van der Waals surface area (Å²) >= 11 is 3.31. The monoisotopic (exact) mass is 357 g/mol. The third kappa shape index (κ3) is 3.13. The summed E-state index contributed by atoms with van der Waals surface area (Å²) in [6, 6.07) is -0.480. The number of halogens is 1. The molecule has 1 aliphatic heterocycles. The van der Waals surface area contributed by atoms with Crippen LogP contribution in [0.2, 0.25) is 0 Å². The van der Waals surface area contributed by atoms with E-state index in [1.165, 1.54) is 17.3 Å². The molecule has 1 saturated heterocycles. The average molecular weight is 358 g/mol. The van der Waals surface area contributed by atoms with Crippen molar-refractivity contribution in [2.75, 3.05) is 38.6 Å². The van der Waals surface area contributed by atoms with Crippen LogP contribution in [0.1, 0.15) is 0 Å². The number of nitrogens with one attached hydrogen (secondary N) is 1. The Labute approximate surface area is 130 Å². The highest BCUT2D eigenvalue weighted by molar-refractivity contribution is 9.10. The number of aromatic nitrogens is 1. The van der Waals surface area contributed by atoms with Gasteiger partial charge >= 0.3 is 5.69 Å². The first kappa shape index (κ1) is 15.6. The van der Waals surface area contributed by atoms with Gasteiger partial charge in [0.2, 0.25) is 5.91 Å². The number of hydrogen-bond donors (Lipinski definition) is 1. The number of hydrogen-bond acceptors (Lipinski definition) is 6. The lowest BCUT2D eigenvalue weighted by Gasteiger charge is -2.38. The molecule has 9 heteroatoms. The zero-order valence-corrected chi connectivity index (χ0v) is 13.3. The molecule has 0 radical (unpaired) electrons. The van der Waals surface area contributed by atoms with Crippen molar-refractivity contribution in [3.63, 3.8) is 0 Å². The molecule has 0 spiro atoms. The van der Waals surface area contributed by atoms with Gasteiger partial charge in [-0.25, -0.2) is 0 Å². The number of carbonyl (C=O) groups is 1. The number of likely N-dealkylation sites (N-methyl/N-ethyl adjacent to an activating group) is 1. The van der Waals surface area contributed by atoms with Crippen LogP contribution in [0, 0.1) is 10.1 Å². The van der Waals surface area contributed by atoms with Gasteiger partial charge in [0.1, 0.15) is 17.9 Å². The number of anilines is 1. The first-order valence-electron chi connectivity index (χ1n) is 6.40. The molecule has 2 rings (SSSR count). The largest absolute Gasteiger partial charge is 0.351 e. The molecule has 1 aliphatic rings. The molecular formula is C12H16BrN5O3. The van der Waals surface area contributed by atoms with Gasteiger partial charge in [0, 0.05) is 39.9 Å². The molecule has 0 aromatic carbocycles. The molecule has 21 heavy (non-hydrogen) atoms. The van der Waals surface area contributed by atoms with Crippen molar-refractivity contribution >= 4 is 33.2 Å². The Bertz CT molecular complexity index is 566. The van der Waals surface area contributed by atoms with E-state index < -0.39 is 11.0 Å². The van der Waals surface area contributed by atoms with Gasteiger partial charge in [0.05, 0.1) is 9.40 Å². The van der Waals surface area contributed by atoms with E-state index >= 15 is 0 Å². The van der Waals surface area contributed by atoms with E-state index in [-0.39, 0.29) is 11.6 Å². The predicted molar refractivity (Wildman–Crippen MR) is 81.3 cm³/mol. The summed E-state index contributed by atoms with van der Waals surface area (Å²) in [6.45, 7) is 1.61. The third-order valence-corrected chi connectivity index (χ3v) is 3.89. The van der Waals surface area contributed by atoms with Crippen molar-refractivity contribution in [1.29, 1.82) is 0 Å². The van der Waals surface area contributed by atoms with Crippen molar-refractivity contribution < 1.29 is 9.72 Å². The molecule has 1 unspecified atom stereocenters. The van der Waals surface area contributed by atoms with Crippen LogP contribution in [0.5, 0.6) is 0 Å². The van der Waals surface area contributed by atoms with Crippen LogP contribution >= 0.6 is 15.9 Å². The van der Waals surface area contributed by atoms with Crippen molar-refractivity contribution in [2.24, 2.45) is 0 Å². The Hall–Kier alpha value is -1.74. The Morgan fingerprint density at radius 1 is 1.57 bits per heavy atom. The van der Waals surface area contributed by atoms with Crippen LogP contribution in [-0.2, 0) is 4.79 Å². The lowest BCUT2D eigenvalue weighted by atomic mass is 10.1. The average Bonchev–Trinajstić information content (AvgIpc) is 2.46. The Morgan fingerprint density at radius 2 is 2.29 bits per heavy atom.